The van der Waals surface area contributed by atoms with Gasteiger partial charge in [-0.2, -0.15) is 0 Å². The number of carbonyl (C=O) groups excluding carboxylic acids is 2. The Morgan fingerprint density at radius 3 is 2.24 bits per heavy atom. The highest BCUT2D eigenvalue weighted by atomic mass is 32.2. The third kappa shape index (κ3) is 3.03. The van der Waals surface area contributed by atoms with Crippen LogP contribution < -0.4 is 9.80 Å². The van der Waals surface area contributed by atoms with E-state index in [0.29, 0.717) is 16.9 Å². The Hall–Kier alpha value is -3.45. The van der Waals surface area contributed by atoms with Gasteiger partial charge in [-0.25, -0.2) is 8.42 Å². The molecule has 1 spiro atoms. The predicted octanol–water partition coefficient (Wildman–Crippen LogP) is 4.08. The molecular weight excluding hydrogens is 448 g/mol. The van der Waals surface area contributed by atoms with Crippen LogP contribution in [0, 0.1) is 27.7 Å². The zero-order chi connectivity index (χ0) is 24.4. The molecule has 0 N–H and O–H groups in total. The molecule has 174 valence electrons. The molecule has 2 aliphatic rings. The molecule has 0 aliphatic carbocycles. The highest BCUT2D eigenvalue weighted by molar-refractivity contribution is 7.94. The first kappa shape index (κ1) is 22.3. The van der Waals surface area contributed by atoms with Crippen LogP contribution in [-0.4, -0.2) is 26.0 Å². The lowest BCUT2D eigenvalue weighted by atomic mass is 10.0. The number of nitrogens with zero attached hydrogens (tertiary/aromatic N) is 2. The van der Waals surface area contributed by atoms with E-state index in [1.54, 1.807) is 36.4 Å². The lowest BCUT2D eigenvalue weighted by Crippen LogP contribution is -2.54. The Balaban J connectivity index is 1.76. The standard InChI is InChI=1S/C27H26N2O4S/c1-17-9-10-20(4)21(12-17)15-28-24-8-6-5-7-23(24)27(26(28)31)29(25(30)16-34(27,32)33)22-13-18(2)11-19(3)14-22/h5-14H,15-16H2,1-4H3/t27-/m1/s1. The number of hydrogen-bond donors (Lipinski definition) is 0. The summed E-state index contributed by atoms with van der Waals surface area (Å²) in [5, 5.41) is 0. The Bertz CT molecular complexity index is 1460. The van der Waals surface area contributed by atoms with E-state index in [-0.39, 0.29) is 6.54 Å². The van der Waals surface area contributed by atoms with Gasteiger partial charge >= 0.3 is 0 Å². The summed E-state index contributed by atoms with van der Waals surface area (Å²) in [4.78, 5) is 28.1. The van der Waals surface area contributed by atoms with Crippen molar-refractivity contribution < 1.29 is 18.0 Å². The van der Waals surface area contributed by atoms with Crippen molar-refractivity contribution in [2.45, 2.75) is 39.1 Å². The molecule has 5 rings (SSSR count). The average Bonchev–Trinajstić information content (AvgIpc) is 3.13. The van der Waals surface area contributed by atoms with Gasteiger partial charge in [-0.3, -0.25) is 14.5 Å². The van der Waals surface area contributed by atoms with E-state index in [1.165, 1.54) is 9.80 Å². The predicted molar refractivity (Wildman–Crippen MR) is 132 cm³/mol. The number of sulfone groups is 1. The van der Waals surface area contributed by atoms with Gasteiger partial charge in [-0.1, -0.05) is 48.0 Å². The molecule has 1 fully saturated rings. The maximum atomic E-state index is 14.3. The van der Waals surface area contributed by atoms with E-state index in [9.17, 15) is 18.0 Å². The van der Waals surface area contributed by atoms with Crippen LogP contribution in [0.25, 0.3) is 0 Å². The summed E-state index contributed by atoms with van der Waals surface area (Å²) in [5.74, 6) is -1.92. The number of anilines is 2. The Labute approximate surface area is 199 Å². The van der Waals surface area contributed by atoms with Crippen LogP contribution in [-0.2, 0) is 30.8 Å². The van der Waals surface area contributed by atoms with Gasteiger partial charge in [0, 0.05) is 11.3 Å². The van der Waals surface area contributed by atoms with Crippen molar-refractivity contribution in [3.05, 3.63) is 94.0 Å². The Morgan fingerprint density at radius 1 is 0.853 bits per heavy atom. The normalized spacial score (nSPS) is 20.9. The highest BCUT2D eigenvalue weighted by Gasteiger charge is 2.69. The first-order valence-electron chi connectivity index (χ1n) is 11.2. The van der Waals surface area contributed by atoms with Crippen molar-refractivity contribution in [1.29, 1.82) is 0 Å². The van der Waals surface area contributed by atoms with E-state index in [2.05, 4.69) is 0 Å². The molecule has 6 nitrogen and oxygen atoms in total. The summed E-state index contributed by atoms with van der Waals surface area (Å²) in [7, 11) is -4.18. The monoisotopic (exact) mass is 474 g/mol. The van der Waals surface area contributed by atoms with Crippen molar-refractivity contribution in [1.82, 2.24) is 0 Å². The lowest BCUT2D eigenvalue weighted by Gasteiger charge is -2.33. The van der Waals surface area contributed by atoms with Crippen LogP contribution in [0.1, 0.15) is 33.4 Å². The number of carbonyl (C=O) groups is 2. The average molecular weight is 475 g/mol. The summed E-state index contributed by atoms with van der Waals surface area (Å²) in [5.41, 5.74) is 6.02. The molecule has 3 aromatic carbocycles. The lowest BCUT2D eigenvalue weighted by molar-refractivity contribution is -0.123. The van der Waals surface area contributed by atoms with Gasteiger partial charge < -0.3 is 4.90 Å². The molecule has 0 aromatic heterocycles. The Morgan fingerprint density at radius 2 is 1.53 bits per heavy atom. The molecule has 1 saturated heterocycles. The van der Waals surface area contributed by atoms with Crippen LogP contribution in [0.5, 0.6) is 0 Å². The minimum Gasteiger partial charge on any atom is -0.304 e. The molecule has 0 radical (unpaired) electrons. The van der Waals surface area contributed by atoms with Crippen LogP contribution in [0.3, 0.4) is 0 Å². The molecule has 2 aliphatic heterocycles. The smallest absolute Gasteiger partial charge is 0.274 e. The quantitative estimate of drug-likeness (QED) is 0.573. The second-order valence-corrected chi connectivity index (χ2v) is 11.4. The van der Waals surface area contributed by atoms with E-state index >= 15 is 0 Å². The number of amides is 2. The topological polar surface area (TPSA) is 74.8 Å². The zero-order valence-corrected chi connectivity index (χ0v) is 20.4. The van der Waals surface area contributed by atoms with Gasteiger partial charge in [-0.15, -0.1) is 0 Å². The van der Waals surface area contributed by atoms with Crippen LogP contribution in [0.2, 0.25) is 0 Å². The van der Waals surface area contributed by atoms with E-state index in [0.717, 1.165) is 27.8 Å². The first-order valence-corrected chi connectivity index (χ1v) is 12.8. The summed E-state index contributed by atoms with van der Waals surface area (Å²) in [6, 6.07) is 18.4. The number of aryl methyl sites for hydroxylation is 4. The second kappa shape index (κ2) is 7.53. The van der Waals surface area contributed by atoms with E-state index in [4.69, 9.17) is 0 Å². The van der Waals surface area contributed by atoms with Gasteiger partial charge in [0.15, 0.2) is 9.84 Å². The van der Waals surface area contributed by atoms with E-state index in [1.807, 2.05) is 52.0 Å². The molecule has 7 heteroatoms. The summed E-state index contributed by atoms with van der Waals surface area (Å²) in [6.07, 6.45) is 0. The zero-order valence-electron chi connectivity index (χ0n) is 19.6. The minimum absolute atomic E-state index is 0.218. The third-order valence-corrected chi connectivity index (χ3v) is 8.82. The van der Waals surface area contributed by atoms with Gasteiger partial charge in [0.2, 0.25) is 5.91 Å². The first-order chi connectivity index (χ1) is 16.1. The third-order valence-electron chi connectivity index (χ3n) is 6.72. The summed E-state index contributed by atoms with van der Waals surface area (Å²) in [6.45, 7) is 7.93. The van der Waals surface area contributed by atoms with Crippen molar-refractivity contribution in [2.24, 2.45) is 0 Å². The summed E-state index contributed by atoms with van der Waals surface area (Å²) < 4.78 is 27.5. The van der Waals surface area contributed by atoms with Gasteiger partial charge in [0.05, 0.1) is 12.2 Å². The maximum Gasteiger partial charge on any atom is 0.274 e. The molecule has 0 bridgehead atoms. The fourth-order valence-corrected chi connectivity index (χ4v) is 7.30. The van der Waals surface area contributed by atoms with Crippen molar-refractivity contribution >= 4 is 33.0 Å². The maximum absolute atomic E-state index is 14.3. The van der Waals surface area contributed by atoms with Crippen molar-refractivity contribution in [3.63, 3.8) is 0 Å². The molecular formula is C27H26N2O4S. The molecule has 34 heavy (non-hydrogen) atoms. The fraction of sp³-hybridized carbons (Fsp3) is 0.259. The largest absolute Gasteiger partial charge is 0.304 e. The second-order valence-electron chi connectivity index (χ2n) is 9.32. The highest BCUT2D eigenvalue weighted by Crippen LogP contribution is 2.53. The number of benzene rings is 3. The number of hydrogen-bond acceptors (Lipinski definition) is 4. The number of para-hydroxylation sites is 1. The van der Waals surface area contributed by atoms with Gasteiger partial charge in [0.25, 0.3) is 10.8 Å². The molecule has 0 unspecified atom stereocenters. The van der Waals surface area contributed by atoms with Crippen LogP contribution in [0.15, 0.2) is 60.7 Å². The summed E-state index contributed by atoms with van der Waals surface area (Å²) >= 11 is 0. The molecule has 2 amide bonds. The number of fused-ring (bicyclic) bond motifs is 2. The van der Waals surface area contributed by atoms with Gasteiger partial charge in [-0.05, 0) is 68.1 Å². The van der Waals surface area contributed by atoms with Crippen molar-refractivity contribution in [3.8, 4) is 0 Å². The Kier molecular flexibility index (Phi) is 4.95. The minimum atomic E-state index is -4.18. The SMILES string of the molecule is Cc1cc(C)cc(N2C(=O)CS(=O)(=O)[C@]23C(=O)N(Cc2cc(C)ccc2C)c2ccccc23)c1. The van der Waals surface area contributed by atoms with Gasteiger partial charge in [0.1, 0.15) is 5.75 Å². The van der Waals surface area contributed by atoms with Crippen LogP contribution in [0.4, 0.5) is 11.4 Å². The van der Waals surface area contributed by atoms with Crippen molar-refractivity contribution in [2.75, 3.05) is 15.6 Å². The molecule has 2 heterocycles. The molecule has 0 saturated carbocycles. The fourth-order valence-electron chi connectivity index (χ4n) is 5.27. The molecule has 1 atom stereocenters. The molecule has 3 aromatic rings. The van der Waals surface area contributed by atoms with Crippen LogP contribution >= 0.6 is 0 Å². The number of rotatable bonds is 3. The van der Waals surface area contributed by atoms with E-state index < -0.39 is 32.3 Å².